The van der Waals surface area contributed by atoms with Crippen molar-refractivity contribution in [2.75, 3.05) is 18.8 Å². The monoisotopic (exact) mass is 371 g/mol. The fraction of sp³-hybridized carbons (Fsp3) is 0.478. The Kier molecular flexibility index (Phi) is 8.20. The molecule has 0 bridgehead atoms. The van der Waals surface area contributed by atoms with Crippen molar-refractivity contribution in [3.63, 3.8) is 0 Å². The van der Waals surface area contributed by atoms with Crippen LogP contribution in [0.5, 0.6) is 0 Å². The second kappa shape index (κ2) is 10.1. The van der Waals surface area contributed by atoms with E-state index in [-0.39, 0.29) is 5.92 Å². The summed E-state index contributed by atoms with van der Waals surface area (Å²) in [6, 6.07) is 18.5. The maximum Gasteiger partial charge on any atom is 0.118 e. The quantitative estimate of drug-likeness (QED) is 0.555. The molecule has 0 aliphatic carbocycles. The molecule has 0 amide bonds. The minimum atomic E-state index is -0.995. The van der Waals surface area contributed by atoms with Gasteiger partial charge < -0.3 is 10.4 Å². The lowest BCUT2D eigenvalue weighted by Gasteiger charge is -2.35. The highest BCUT2D eigenvalue weighted by Crippen LogP contribution is 2.37. The van der Waals surface area contributed by atoms with E-state index in [1.165, 1.54) is 11.3 Å². The van der Waals surface area contributed by atoms with Crippen molar-refractivity contribution in [1.82, 2.24) is 5.32 Å². The van der Waals surface area contributed by atoms with Crippen molar-refractivity contribution in [2.24, 2.45) is 11.8 Å². The van der Waals surface area contributed by atoms with Gasteiger partial charge in [0.1, 0.15) is 5.60 Å². The molecule has 2 atom stereocenters. The molecule has 26 heavy (non-hydrogen) atoms. The highest BCUT2D eigenvalue weighted by atomic mass is 32.2. The Morgan fingerprint density at radius 1 is 0.962 bits per heavy atom. The third-order valence-electron chi connectivity index (χ3n) is 4.89. The maximum atomic E-state index is 11.7. The van der Waals surface area contributed by atoms with Gasteiger partial charge >= 0.3 is 0 Å². The van der Waals surface area contributed by atoms with E-state index in [0.717, 1.165) is 35.9 Å². The first-order valence-corrected chi connectivity index (χ1v) is 10.7. The first-order chi connectivity index (χ1) is 12.5. The number of hydrogen-bond donors (Lipinski definition) is 2. The van der Waals surface area contributed by atoms with Gasteiger partial charge in [-0.25, -0.2) is 0 Å². The van der Waals surface area contributed by atoms with Gasteiger partial charge in [0.15, 0.2) is 0 Å². The second-order valence-electron chi connectivity index (χ2n) is 7.40. The van der Waals surface area contributed by atoms with Gasteiger partial charge in [-0.3, -0.25) is 0 Å². The molecule has 2 unspecified atom stereocenters. The van der Waals surface area contributed by atoms with Crippen LogP contribution in [0.15, 0.2) is 59.5 Å². The van der Waals surface area contributed by atoms with Crippen LogP contribution in [0.25, 0.3) is 0 Å². The van der Waals surface area contributed by atoms with E-state index in [0.29, 0.717) is 0 Å². The third-order valence-corrected chi connectivity index (χ3v) is 5.93. The third kappa shape index (κ3) is 5.35. The van der Waals surface area contributed by atoms with Crippen LogP contribution in [0, 0.1) is 11.8 Å². The molecule has 0 spiro atoms. The summed E-state index contributed by atoms with van der Waals surface area (Å²) in [4.78, 5) is 1.27. The van der Waals surface area contributed by atoms with E-state index in [4.69, 9.17) is 0 Å². The molecule has 0 aliphatic rings. The number of thioether (sulfide) groups is 1. The minimum absolute atomic E-state index is 0.0595. The molecule has 142 valence electrons. The van der Waals surface area contributed by atoms with Crippen molar-refractivity contribution < 1.29 is 5.11 Å². The van der Waals surface area contributed by atoms with Crippen LogP contribution in [-0.4, -0.2) is 23.9 Å². The van der Waals surface area contributed by atoms with Crippen LogP contribution >= 0.6 is 11.8 Å². The zero-order valence-corrected chi connectivity index (χ0v) is 17.4. The van der Waals surface area contributed by atoms with Gasteiger partial charge in [-0.15, -0.1) is 11.8 Å². The summed E-state index contributed by atoms with van der Waals surface area (Å²) in [7, 11) is 0. The molecule has 0 saturated carbocycles. The van der Waals surface area contributed by atoms with E-state index < -0.39 is 5.60 Å². The van der Waals surface area contributed by atoms with Crippen LogP contribution in [0.2, 0.25) is 0 Å². The molecule has 2 rings (SSSR count). The Morgan fingerprint density at radius 3 is 2.15 bits per heavy atom. The standard InChI is InChI=1S/C23H33NOS/c1-5-24-17-19(4)23(25,20-9-7-6-8-10-20)21-11-13-22(14-12-21)26-16-15-18(2)3/h6-14,18-19,24-25H,5,15-17H2,1-4H3. The van der Waals surface area contributed by atoms with Gasteiger partial charge in [0, 0.05) is 17.4 Å². The molecular weight excluding hydrogens is 338 g/mol. The summed E-state index contributed by atoms with van der Waals surface area (Å²) in [5, 5.41) is 15.1. The fourth-order valence-electron chi connectivity index (χ4n) is 3.15. The summed E-state index contributed by atoms with van der Waals surface area (Å²) in [5.41, 5.74) is 0.915. The lowest BCUT2D eigenvalue weighted by atomic mass is 9.77. The number of benzene rings is 2. The Balaban J connectivity index is 2.25. The highest BCUT2D eigenvalue weighted by molar-refractivity contribution is 7.99. The minimum Gasteiger partial charge on any atom is -0.380 e. The van der Waals surface area contributed by atoms with E-state index in [2.05, 4.69) is 57.3 Å². The number of rotatable bonds is 10. The lowest BCUT2D eigenvalue weighted by molar-refractivity contribution is 0.0243. The summed E-state index contributed by atoms with van der Waals surface area (Å²) < 4.78 is 0. The molecule has 2 N–H and O–H groups in total. The Morgan fingerprint density at radius 2 is 1.58 bits per heavy atom. The van der Waals surface area contributed by atoms with E-state index in [9.17, 15) is 5.11 Å². The van der Waals surface area contributed by atoms with Crippen molar-refractivity contribution >= 4 is 11.8 Å². The molecule has 0 fully saturated rings. The molecule has 0 saturated heterocycles. The van der Waals surface area contributed by atoms with E-state index in [1.807, 2.05) is 42.1 Å². The highest BCUT2D eigenvalue weighted by Gasteiger charge is 2.37. The largest absolute Gasteiger partial charge is 0.380 e. The van der Waals surface area contributed by atoms with Crippen LogP contribution in [0.3, 0.4) is 0 Å². The summed E-state index contributed by atoms with van der Waals surface area (Å²) in [5.74, 6) is 1.93. The molecule has 2 aromatic rings. The fourth-order valence-corrected chi connectivity index (χ4v) is 4.31. The Hall–Kier alpha value is -1.29. The predicted octanol–water partition coefficient (Wildman–Crippen LogP) is 5.31. The van der Waals surface area contributed by atoms with Gasteiger partial charge in [-0.1, -0.05) is 70.2 Å². The molecule has 2 nitrogen and oxygen atoms in total. The van der Waals surface area contributed by atoms with Crippen molar-refractivity contribution in [3.05, 3.63) is 65.7 Å². The maximum absolute atomic E-state index is 11.7. The Labute approximate surface area is 163 Å². The van der Waals surface area contributed by atoms with Gasteiger partial charge in [0.2, 0.25) is 0 Å². The van der Waals surface area contributed by atoms with E-state index >= 15 is 0 Å². The van der Waals surface area contributed by atoms with Crippen molar-refractivity contribution in [3.8, 4) is 0 Å². The summed E-state index contributed by atoms with van der Waals surface area (Å²) in [6.45, 7) is 10.4. The van der Waals surface area contributed by atoms with Crippen molar-refractivity contribution in [1.29, 1.82) is 0 Å². The zero-order chi connectivity index (χ0) is 19.0. The first-order valence-electron chi connectivity index (χ1n) is 9.70. The molecule has 2 aromatic carbocycles. The van der Waals surface area contributed by atoms with Gasteiger partial charge in [0.05, 0.1) is 0 Å². The van der Waals surface area contributed by atoms with Gasteiger partial charge in [-0.05, 0) is 47.9 Å². The van der Waals surface area contributed by atoms with Crippen molar-refractivity contribution in [2.45, 2.75) is 44.6 Å². The SMILES string of the molecule is CCNCC(C)C(O)(c1ccccc1)c1ccc(SCCC(C)C)cc1. The predicted molar refractivity (Wildman–Crippen MR) is 114 cm³/mol. The molecule has 3 heteroatoms. The second-order valence-corrected chi connectivity index (χ2v) is 8.56. The lowest BCUT2D eigenvalue weighted by Crippen LogP contribution is -2.40. The number of hydrogen-bond acceptors (Lipinski definition) is 3. The summed E-state index contributed by atoms with van der Waals surface area (Å²) in [6.07, 6.45) is 1.22. The number of aliphatic hydroxyl groups is 1. The van der Waals surface area contributed by atoms with Crippen LogP contribution in [0.4, 0.5) is 0 Å². The average Bonchev–Trinajstić information content (AvgIpc) is 2.66. The molecular formula is C23H33NOS. The van der Waals surface area contributed by atoms with Crippen LogP contribution in [0.1, 0.15) is 45.2 Å². The van der Waals surface area contributed by atoms with Gasteiger partial charge in [-0.2, -0.15) is 0 Å². The normalized spacial score (nSPS) is 15.0. The Bertz CT molecular complexity index is 641. The summed E-state index contributed by atoms with van der Waals surface area (Å²) >= 11 is 1.89. The van der Waals surface area contributed by atoms with Gasteiger partial charge in [0.25, 0.3) is 0 Å². The molecule has 0 aliphatic heterocycles. The zero-order valence-electron chi connectivity index (χ0n) is 16.5. The topological polar surface area (TPSA) is 32.3 Å². The average molecular weight is 372 g/mol. The molecule has 0 aromatic heterocycles. The molecule has 0 heterocycles. The van der Waals surface area contributed by atoms with Crippen LogP contribution in [-0.2, 0) is 5.60 Å². The molecule has 0 radical (unpaired) electrons. The van der Waals surface area contributed by atoms with E-state index in [1.54, 1.807) is 0 Å². The smallest absolute Gasteiger partial charge is 0.118 e. The van der Waals surface area contributed by atoms with Crippen LogP contribution < -0.4 is 5.32 Å². The number of nitrogens with one attached hydrogen (secondary N) is 1. The first kappa shape index (κ1) is 21.0.